The van der Waals surface area contributed by atoms with E-state index in [2.05, 4.69) is 0 Å². The fraction of sp³-hybridized carbons (Fsp3) is 0.571. The largest absolute Gasteiger partial charge is 0.600 e. The first-order valence-electron chi connectivity index (χ1n) is 13.0. The van der Waals surface area contributed by atoms with Gasteiger partial charge in [0.05, 0.1) is 0 Å². The molecule has 0 bridgehead atoms. The lowest BCUT2D eigenvalue weighted by Crippen LogP contribution is -3.09. The van der Waals surface area contributed by atoms with Crippen LogP contribution in [0.1, 0.15) is 86.8 Å². The van der Waals surface area contributed by atoms with Crippen molar-refractivity contribution in [2.75, 3.05) is 6.54 Å². The highest BCUT2D eigenvalue weighted by Gasteiger charge is 2.31. The van der Waals surface area contributed by atoms with E-state index in [4.69, 9.17) is 24.2 Å². The molecule has 0 aromatic heterocycles. The fourth-order valence-electron chi connectivity index (χ4n) is 3.72. The van der Waals surface area contributed by atoms with Crippen LogP contribution in [0.25, 0.3) is 0 Å². The molecular formula is C28H45N3O8. The van der Waals surface area contributed by atoms with Crippen LogP contribution < -0.4 is 25.7 Å². The van der Waals surface area contributed by atoms with Crippen molar-refractivity contribution in [3.63, 3.8) is 0 Å². The van der Waals surface area contributed by atoms with Crippen LogP contribution in [0.3, 0.4) is 0 Å². The molecule has 220 valence electrons. The summed E-state index contributed by atoms with van der Waals surface area (Å²) in [4.78, 5) is 26.6. The standard InChI is InChI=1S/C28H45N3O8/c1-25(2,3)37-29(32)20-19-28(10,21-11-15-23(16-12-21)35-30(33)38-26(4,5)6)22-13-17-24(18-14-22)36-31(34)39-27(7,8)9/h11-18,29-31H,19-20H2,1-10H3. The van der Waals surface area contributed by atoms with Gasteiger partial charge in [0, 0.05) is 11.8 Å². The average Bonchev–Trinajstić information content (AvgIpc) is 2.74. The van der Waals surface area contributed by atoms with Gasteiger partial charge in [0.1, 0.15) is 23.3 Å². The number of hydroxylamine groups is 2. The Kier molecular flexibility index (Phi) is 10.9. The lowest BCUT2D eigenvalue weighted by Gasteiger charge is -2.34. The molecule has 2 rings (SSSR count). The molecule has 11 nitrogen and oxygen atoms in total. The van der Waals surface area contributed by atoms with E-state index in [0.29, 0.717) is 17.9 Å². The third-order valence-corrected chi connectivity index (χ3v) is 5.41. The van der Waals surface area contributed by atoms with Crippen molar-refractivity contribution in [3.8, 4) is 11.5 Å². The lowest BCUT2D eigenvalue weighted by molar-refractivity contribution is -1.19. The first kappa shape index (κ1) is 32.9. The van der Waals surface area contributed by atoms with Crippen LogP contribution in [0.4, 0.5) is 0 Å². The minimum atomic E-state index is -0.788. The number of nitrogens with one attached hydrogen (secondary N) is 3. The molecule has 0 saturated carbocycles. The van der Waals surface area contributed by atoms with Crippen molar-refractivity contribution in [1.29, 1.82) is 0 Å². The van der Waals surface area contributed by atoms with Gasteiger partial charge < -0.3 is 15.6 Å². The Labute approximate surface area is 231 Å². The highest BCUT2D eigenvalue weighted by molar-refractivity contribution is 5.42. The van der Waals surface area contributed by atoms with Gasteiger partial charge in [-0.2, -0.15) is 14.5 Å². The summed E-state index contributed by atoms with van der Waals surface area (Å²) < 4.78 is 0. The summed E-state index contributed by atoms with van der Waals surface area (Å²) >= 11 is 0. The van der Waals surface area contributed by atoms with E-state index in [0.717, 1.165) is 11.1 Å². The van der Waals surface area contributed by atoms with E-state index in [9.17, 15) is 15.6 Å². The maximum atomic E-state index is 12.6. The zero-order valence-electron chi connectivity index (χ0n) is 24.8. The Bertz CT molecular complexity index is 944. The maximum Gasteiger partial charge on any atom is 0.195 e. The van der Waals surface area contributed by atoms with E-state index in [1.54, 1.807) is 65.8 Å². The van der Waals surface area contributed by atoms with Gasteiger partial charge in [-0.05, 0) is 108 Å². The lowest BCUT2D eigenvalue weighted by atomic mass is 9.73. The number of rotatable bonds is 12. The second-order valence-corrected chi connectivity index (χ2v) is 12.6. The summed E-state index contributed by atoms with van der Waals surface area (Å²) in [6.07, 6.45) is 0.445. The first-order chi connectivity index (χ1) is 17.8. The Hall–Kier alpha value is -2.32. The Morgan fingerprint density at radius 1 is 0.538 bits per heavy atom. The van der Waals surface area contributed by atoms with Crippen LogP contribution in [0, 0.1) is 15.6 Å². The minimum absolute atomic E-state index is 0.181. The molecule has 0 aliphatic heterocycles. The molecule has 39 heavy (non-hydrogen) atoms. The summed E-state index contributed by atoms with van der Waals surface area (Å²) in [6, 6.07) is 14.1. The Balaban J connectivity index is 2.29. The Morgan fingerprint density at radius 2 is 0.872 bits per heavy atom. The van der Waals surface area contributed by atoms with Gasteiger partial charge in [0.2, 0.25) is 0 Å². The quantitative estimate of drug-likeness (QED) is 0.343. The number of benzene rings is 2. The van der Waals surface area contributed by atoms with Crippen molar-refractivity contribution in [2.45, 2.75) is 97.9 Å². The molecule has 3 N–H and O–H groups in total. The van der Waals surface area contributed by atoms with Gasteiger partial charge >= 0.3 is 0 Å². The molecule has 2 aromatic carbocycles. The van der Waals surface area contributed by atoms with E-state index < -0.39 is 33.0 Å². The molecule has 11 heteroatoms. The fourth-order valence-corrected chi connectivity index (χ4v) is 3.72. The molecule has 2 aromatic rings. The second kappa shape index (κ2) is 12.9. The summed E-state index contributed by atoms with van der Waals surface area (Å²) in [7, 11) is 0. The molecule has 0 aliphatic carbocycles. The van der Waals surface area contributed by atoms with Crippen LogP contribution in [0.2, 0.25) is 0 Å². The topological polar surface area (TPSA) is 129 Å². The van der Waals surface area contributed by atoms with Crippen molar-refractivity contribution < 1.29 is 40.2 Å². The van der Waals surface area contributed by atoms with Gasteiger partial charge in [-0.25, -0.2) is 5.23 Å². The van der Waals surface area contributed by atoms with Crippen LogP contribution in [0.15, 0.2) is 48.5 Å². The normalized spacial score (nSPS) is 16.7. The first-order valence-corrected chi connectivity index (χ1v) is 13.0. The van der Waals surface area contributed by atoms with Crippen LogP contribution in [0.5, 0.6) is 11.5 Å². The van der Waals surface area contributed by atoms with Crippen LogP contribution in [-0.2, 0) is 19.9 Å². The molecule has 0 aliphatic rings. The maximum absolute atomic E-state index is 12.6. The highest BCUT2D eigenvalue weighted by atomic mass is 17.1. The van der Waals surface area contributed by atoms with E-state index in [1.165, 1.54) is 0 Å². The molecule has 3 atom stereocenters. The molecule has 0 spiro atoms. The molecular weight excluding hydrogens is 506 g/mol. The van der Waals surface area contributed by atoms with Crippen LogP contribution >= 0.6 is 0 Å². The number of quaternary nitrogens is 3. The predicted molar refractivity (Wildman–Crippen MR) is 146 cm³/mol. The summed E-state index contributed by atoms with van der Waals surface area (Å²) in [5.74, 6) is 0.673. The molecule has 0 radical (unpaired) electrons. The van der Waals surface area contributed by atoms with Gasteiger partial charge in [-0.1, -0.05) is 31.2 Å². The van der Waals surface area contributed by atoms with E-state index >= 15 is 0 Å². The smallest absolute Gasteiger partial charge is 0.195 e. The highest BCUT2D eigenvalue weighted by Crippen LogP contribution is 2.36. The molecule has 0 saturated heterocycles. The third kappa shape index (κ3) is 11.8. The minimum Gasteiger partial charge on any atom is -0.600 e. The van der Waals surface area contributed by atoms with Crippen molar-refractivity contribution in [1.82, 2.24) is 0 Å². The zero-order valence-corrected chi connectivity index (χ0v) is 24.8. The third-order valence-electron chi connectivity index (χ3n) is 5.41. The van der Waals surface area contributed by atoms with Crippen molar-refractivity contribution in [3.05, 3.63) is 75.3 Å². The van der Waals surface area contributed by atoms with E-state index in [1.807, 2.05) is 52.0 Å². The second-order valence-electron chi connectivity index (χ2n) is 12.6. The van der Waals surface area contributed by atoms with E-state index in [-0.39, 0.29) is 11.8 Å². The van der Waals surface area contributed by atoms with Crippen LogP contribution in [-0.4, -0.2) is 23.3 Å². The Morgan fingerprint density at radius 3 is 1.18 bits per heavy atom. The molecule has 0 amide bonds. The van der Waals surface area contributed by atoms with Gasteiger partial charge in [0.25, 0.3) is 0 Å². The average molecular weight is 552 g/mol. The number of hydrogen-bond donors (Lipinski definition) is 3. The zero-order chi connectivity index (χ0) is 29.6. The number of hydrogen-bond acceptors (Lipinski definition) is 8. The van der Waals surface area contributed by atoms with Gasteiger partial charge in [0.15, 0.2) is 11.5 Å². The SMILES string of the molecule is CC(C)(C)O[NH+]([O-])CCC(C)(c1ccc(O[NH+]([O-])OC(C)(C)C)cc1)c1ccc(O[NH+]([O-])OC(C)(C)C)cc1. The van der Waals surface area contributed by atoms with Gasteiger partial charge in [-0.3, -0.25) is 9.68 Å². The summed E-state index contributed by atoms with van der Waals surface area (Å²) in [5.41, 5.74) is -0.764. The molecule has 0 heterocycles. The molecule has 0 fully saturated rings. The van der Waals surface area contributed by atoms with Crippen molar-refractivity contribution >= 4 is 0 Å². The van der Waals surface area contributed by atoms with Crippen molar-refractivity contribution in [2.24, 2.45) is 0 Å². The summed E-state index contributed by atoms with van der Waals surface area (Å²) in [6.45, 7) is 18.3. The summed E-state index contributed by atoms with van der Waals surface area (Å²) in [5, 5.41) is 34.8. The monoisotopic (exact) mass is 551 g/mol. The van der Waals surface area contributed by atoms with Gasteiger partial charge in [-0.15, -0.1) is 0 Å². The predicted octanol–water partition coefficient (Wildman–Crippen LogP) is 2.31. The molecule has 3 unspecified atom stereocenters.